The van der Waals surface area contributed by atoms with Crippen LogP contribution in [0.1, 0.15) is 11.1 Å². The molecule has 8 aromatic carbocycles. The summed E-state index contributed by atoms with van der Waals surface area (Å²) >= 11 is 0. The molecule has 0 amide bonds. The van der Waals surface area contributed by atoms with Gasteiger partial charge in [0.2, 0.25) is 11.8 Å². The second-order valence-electron chi connectivity index (χ2n) is 13.0. The molecule has 2 N–H and O–H groups in total. The highest BCUT2D eigenvalue weighted by molar-refractivity contribution is 6.05. The lowest BCUT2D eigenvalue weighted by Gasteiger charge is -2.25. The molecule has 264 valence electrons. The maximum Gasteiger partial charge on any atom is 0.221 e. The van der Waals surface area contributed by atoms with Crippen LogP contribution in [0.4, 0.5) is 34.1 Å². The maximum atomic E-state index is 8.80. The second-order valence-corrected chi connectivity index (χ2v) is 13.0. The fourth-order valence-corrected chi connectivity index (χ4v) is 6.71. The monoisotopic (exact) mass is 710 g/mol. The predicted octanol–water partition coefficient (Wildman–Crippen LogP) is 13.3. The number of nitrogens with one attached hydrogen (secondary N) is 2. The van der Waals surface area contributed by atoms with E-state index in [1.54, 1.807) is 0 Å². The summed E-state index contributed by atoms with van der Waals surface area (Å²) in [5, 5.41) is 17.6. The average molecular weight is 711 g/mol. The third-order valence-electron chi connectivity index (χ3n) is 9.43. The predicted molar refractivity (Wildman–Crippen MR) is 228 cm³/mol. The molecule has 5 nitrogen and oxygen atoms in total. The van der Waals surface area contributed by atoms with Crippen LogP contribution in [-0.2, 0) is 4.74 Å². The van der Waals surface area contributed by atoms with Gasteiger partial charge in [0.1, 0.15) is 0 Å². The second kappa shape index (κ2) is 16.0. The zero-order valence-electron chi connectivity index (χ0n) is 30.1. The summed E-state index contributed by atoms with van der Waals surface area (Å²) in [5.74, 6) is -0.168. The van der Waals surface area contributed by atoms with E-state index in [0.717, 1.165) is 56.4 Å². The van der Waals surface area contributed by atoms with E-state index < -0.39 is 0 Å². The van der Waals surface area contributed by atoms with Crippen molar-refractivity contribution in [1.29, 1.82) is 10.8 Å². The Morgan fingerprint density at radius 2 is 0.582 bits per heavy atom. The lowest BCUT2D eigenvalue weighted by molar-refractivity contribution is 0.538. The third kappa shape index (κ3) is 7.82. The van der Waals surface area contributed by atoms with Gasteiger partial charge in [0, 0.05) is 45.3 Å². The summed E-state index contributed by atoms with van der Waals surface area (Å²) < 4.78 is 5.85. The number of anilines is 6. The first kappa shape index (κ1) is 34.6. The van der Waals surface area contributed by atoms with E-state index in [9.17, 15) is 0 Å². The van der Waals surface area contributed by atoms with Crippen LogP contribution in [0.2, 0.25) is 0 Å². The summed E-state index contributed by atoms with van der Waals surface area (Å²) in [5.41, 5.74) is 11.5. The molecule has 0 radical (unpaired) electrons. The molecule has 0 aliphatic heterocycles. The van der Waals surface area contributed by atoms with E-state index >= 15 is 0 Å². The Morgan fingerprint density at radius 3 is 0.891 bits per heavy atom. The first-order chi connectivity index (χ1) is 27.1. The minimum absolute atomic E-state index is 0.0838. The van der Waals surface area contributed by atoms with Gasteiger partial charge in [-0.05, 0) is 119 Å². The van der Waals surface area contributed by atoms with Gasteiger partial charge in [0.05, 0.1) is 0 Å². The molecular formula is C50H38N4O. The highest BCUT2D eigenvalue weighted by Gasteiger charge is 2.15. The number of nitrogens with zero attached hydrogens (tertiary/aromatic N) is 2. The van der Waals surface area contributed by atoms with Crippen molar-refractivity contribution in [2.45, 2.75) is 0 Å². The largest absolute Gasteiger partial charge is 0.421 e. The summed E-state index contributed by atoms with van der Waals surface area (Å²) in [6.07, 6.45) is 0. The van der Waals surface area contributed by atoms with E-state index in [0.29, 0.717) is 11.1 Å². The first-order valence-electron chi connectivity index (χ1n) is 18.2. The Balaban J connectivity index is 0.973. The van der Waals surface area contributed by atoms with Gasteiger partial charge < -0.3 is 14.5 Å². The van der Waals surface area contributed by atoms with Crippen LogP contribution in [0.5, 0.6) is 0 Å². The van der Waals surface area contributed by atoms with Gasteiger partial charge in [-0.25, -0.2) is 0 Å². The van der Waals surface area contributed by atoms with Gasteiger partial charge in [0.15, 0.2) is 0 Å². The van der Waals surface area contributed by atoms with Crippen molar-refractivity contribution in [2.24, 2.45) is 0 Å². The molecule has 0 bridgehead atoms. The number of hydrogen-bond donors (Lipinski definition) is 2. The van der Waals surface area contributed by atoms with Gasteiger partial charge >= 0.3 is 0 Å². The van der Waals surface area contributed by atoms with Crippen LogP contribution in [0, 0.1) is 10.8 Å². The average Bonchev–Trinajstić information content (AvgIpc) is 3.26. The SMILES string of the molecule is N=C(OC(=N)c1cccc(-c2ccc(N(c3ccccc3)c3ccccc3)cc2)c1)c1cccc(-c2ccc(N(c3ccccc3)c3ccccc3)cc2)c1. The maximum absolute atomic E-state index is 8.80. The highest BCUT2D eigenvalue weighted by Crippen LogP contribution is 2.37. The zero-order valence-corrected chi connectivity index (χ0v) is 30.1. The van der Waals surface area contributed by atoms with E-state index in [2.05, 4.69) is 107 Å². The topological polar surface area (TPSA) is 63.4 Å². The Morgan fingerprint density at radius 1 is 0.291 bits per heavy atom. The standard InChI is InChI=1S/C50H38N4O/c51-49(41-17-13-15-39(35-41)37-27-31-47(32-28-37)53(43-19-5-1-6-20-43)44-21-7-2-8-22-44)55-50(52)42-18-14-16-40(36-42)38-29-33-48(34-30-38)54(45-23-9-3-10-24-45)46-25-11-4-12-26-46/h1-36,51-52H. The Labute approximate surface area is 322 Å². The highest BCUT2D eigenvalue weighted by atomic mass is 16.5. The van der Waals surface area contributed by atoms with Crippen LogP contribution in [0.25, 0.3) is 22.3 Å². The Kier molecular flexibility index (Phi) is 10.1. The van der Waals surface area contributed by atoms with Crippen LogP contribution >= 0.6 is 0 Å². The van der Waals surface area contributed by atoms with E-state index in [1.165, 1.54) is 0 Å². The van der Waals surface area contributed by atoms with Crippen molar-refractivity contribution in [1.82, 2.24) is 0 Å². The molecule has 0 fully saturated rings. The van der Waals surface area contributed by atoms with Crippen molar-refractivity contribution < 1.29 is 4.74 Å². The number of hydrogen-bond acceptors (Lipinski definition) is 5. The normalized spacial score (nSPS) is 10.7. The molecule has 8 aromatic rings. The number of benzene rings is 8. The zero-order chi connectivity index (χ0) is 37.4. The smallest absolute Gasteiger partial charge is 0.221 e. The van der Waals surface area contributed by atoms with Crippen LogP contribution < -0.4 is 9.80 Å². The summed E-state index contributed by atoms with van der Waals surface area (Å²) in [6.45, 7) is 0. The lowest BCUT2D eigenvalue weighted by atomic mass is 10.0. The molecule has 0 atom stereocenters. The van der Waals surface area contributed by atoms with E-state index in [-0.39, 0.29) is 11.8 Å². The van der Waals surface area contributed by atoms with Crippen molar-refractivity contribution in [3.63, 3.8) is 0 Å². The lowest BCUT2D eigenvalue weighted by Crippen LogP contribution is -2.13. The van der Waals surface area contributed by atoms with Gasteiger partial charge in [-0.3, -0.25) is 10.8 Å². The minimum atomic E-state index is -0.0838. The number of ether oxygens (including phenoxy) is 1. The minimum Gasteiger partial charge on any atom is -0.421 e. The molecule has 8 rings (SSSR count). The molecule has 0 spiro atoms. The van der Waals surface area contributed by atoms with Crippen LogP contribution in [-0.4, -0.2) is 11.8 Å². The molecule has 0 saturated carbocycles. The Bertz CT molecular complexity index is 2260. The fraction of sp³-hybridized carbons (Fsp3) is 0. The fourth-order valence-electron chi connectivity index (χ4n) is 6.71. The van der Waals surface area contributed by atoms with Gasteiger partial charge in [0.25, 0.3) is 0 Å². The van der Waals surface area contributed by atoms with Crippen molar-refractivity contribution >= 4 is 45.9 Å². The number of para-hydroxylation sites is 4. The summed E-state index contributed by atoms with van der Waals surface area (Å²) in [7, 11) is 0. The summed E-state index contributed by atoms with van der Waals surface area (Å²) in [6, 6.07) is 73.6. The molecular weight excluding hydrogens is 673 g/mol. The molecule has 0 saturated heterocycles. The van der Waals surface area contributed by atoms with Crippen molar-refractivity contribution in [3.05, 3.63) is 230 Å². The quantitative estimate of drug-likeness (QED) is 0.110. The third-order valence-corrected chi connectivity index (χ3v) is 9.43. The van der Waals surface area contributed by atoms with E-state index in [1.807, 2.05) is 121 Å². The molecule has 0 aromatic heterocycles. The molecule has 0 unspecified atom stereocenters. The molecule has 5 heteroatoms. The van der Waals surface area contributed by atoms with Gasteiger partial charge in [-0.15, -0.1) is 0 Å². The van der Waals surface area contributed by atoms with Crippen molar-refractivity contribution in [3.8, 4) is 22.3 Å². The molecule has 55 heavy (non-hydrogen) atoms. The number of rotatable bonds is 10. The van der Waals surface area contributed by atoms with Crippen LogP contribution in [0.15, 0.2) is 218 Å². The first-order valence-corrected chi connectivity index (χ1v) is 18.2. The Hall–Kier alpha value is -7.50. The van der Waals surface area contributed by atoms with Gasteiger partial charge in [-0.2, -0.15) is 0 Å². The van der Waals surface area contributed by atoms with E-state index in [4.69, 9.17) is 15.6 Å². The molecule has 0 aliphatic rings. The summed E-state index contributed by atoms with van der Waals surface area (Å²) in [4.78, 5) is 4.45. The molecule has 0 heterocycles. The van der Waals surface area contributed by atoms with Crippen LogP contribution in [0.3, 0.4) is 0 Å². The van der Waals surface area contributed by atoms with Gasteiger partial charge in [-0.1, -0.05) is 121 Å². The molecule has 0 aliphatic carbocycles. The van der Waals surface area contributed by atoms with Crippen molar-refractivity contribution in [2.75, 3.05) is 9.80 Å².